The third kappa shape index (κ3) is 4.09. The Morgan fingerprint density at radius 1 is 1.19 bits per heavy atom. The molecule has 1 aliphatic heterocycles. The molecule has 2 heterocycles. The molecule has 1 fully saturated rings. The van der Waals surface area contributed by atoms with Gasteiger partial charge in [-0.2, -0.15) is 11.8 Å². The lowest BCUT2D eigenvalue weighted by atomic mass is 10.0. The van der Waals surface area contributed by atoms with Crippen LogP contribution < -0.4 is 5.32 Å². The molecule has 0 saturated carbocycles. The van der Waals surface area contributed by atoms with E-state index in [1.807, 2.05) is 29.6 Å². The first-order chi connectivity index (χ1) is 10.3. The predicted molar refractivity (Wildman–Crippen MR) is 91.5 cm³/mol. The highest BCUT2D eigenvalue weighted by Crippen LogP contribution is 2.28. The Hall–Kier alpha value is -0.840. The van der Waals surface area contributed by atoms with Crippen molar-refractivity contribution in [3.63, 3.8) is 0 Å². The van der Waals surface area contributed by atoms with Crippen LogP contribution in [-0.2, 0) is 6.54 Å². The fourth-order valence-electron chi connectivity index (χ4n) is 2.67. The van der Waals surface area contributed by atoms with Crippen LogP contribution >= 0.6 is 23.1 Å². The third-order valence-electron chi connectivity index (χ3n) is 3.92. The molecule has 0 aliphatic carbocycles. The van der Waals surface area contributed by atoms with E-state index in [-0.39, 0.29) is 5.82 Å². The molecule has 1 N–H and O–H groups in total. The Balaban J connectivity index is 1.59. The topological polar surface area (TPSA) is 12.0 Å². The molecular weight excluding hydrogens is 301 g/mol. The average Bonchev–Trinajstić information content (AvgIpc) is 3.04. The zero-order chi connectivity index (χ0) is 14.5. The summed E-state index contributed by atoms with van der Waals surface area (Å²) in [5.74, 6) is 3.27. The number of thiophene rings is 1. The lowest BCUT2D eigenvalue weighted by Gasteiger charge is -2.21. The summed E-state index contributed by atoms with van der Waals surface area (Å²) in [6.07, 6.45) is 2.64. The molecule has 1 nitrogen and oxygen atoms in total. The van der Waals surface area contributed by atoms with Gasteiger partial charge in [-0.3, -0.25) is 0 Å². The SMILES string of the molecule is Fc1ccc(CNCC2CCSCC2)cc1-c1cccs1. The summed E-state index contributed by atoms with van der Waals surface area (Å²) in [4.78, 5) is 0.999. The quantitative estimate of drug-likeness (QED) is 0.850. The second kappa shape index (κ2) is 7.43. The lowest BCUT2D eigenvalue weighted by Crippen LogP contribution is -2.25. The number of hydrogen-bond donors (Lipinski definition) is 1. The highest BCUT2D eigenvalue weighted by atomic mass is 32.2. The number of hydrogen-bond acceptors (Lipinski definition) is 3. The number of nitrogens with one attached hydrogen (secondary N) is 1. The van der Waals surface area contributed by atoms with Crippen molar-refractivity contribution in [2.45, 2.75) is 19.4 Å². The molecule has 2 aromatic rings. The fourth-order valence-corrected chi connectivity index (χ4v) is 4.62. The Morgan fingerprint density at radius 2 is 2.05 bits per heavy atom. The van der Waals surface area contributed by atoms with Gasteiger partial charge < -0.3 is 5.32 Å². The number of thioether (sulfide) groups is 1. The van der Waals surface area contributed by atoms with Gasteiger partial charge in [-0.25, -0.2) is 4.39 Å². The van der Waals surface area contributed by atoms with Gasteiger partial charge in [0.15, 0.2) is 0 Å². The summed E-state index contributed by atoms with van der Waals surface area (Å²) in [6, 6.07) is 9.38. The van der Waals surface area contributed by atoms with Crippen molar-refractivity contribution < 1.29 is 4.39 Å². The summed E-state index contributed by atoms with van der Waals surface area (Å²) in [5.41, 5.74) is 1.88. The molecular formula is C17H20FNS2. The highest BCUT2D eigenvalue weighted by Gasteiger charge is 2.13. The van der Waals surface area contributed by atoms with Crippen LogP contribution in [0, 0.1) is 11.7 Å². The normalized spacial score (nSPS) is 16.2. The Kier molecular flexibility index (Phi) is 5.33. The van der Waals surface area contributed by atoms with Crippen LogP contribution in [0.2, 0.25) is 0 Å². The van der Waals surface area contributed by atoms with E-state index in [1.165, 1.54) is 24.3 Å². The Morgan fingerprint density at radius 3 is 2.81 bits per heavy atom. The van der Waals surface area contributed by atoms with Crippen LogP contribution in [0.1, 0.15) is 18.4 Å². The van der Waals surface area contributed by atoms with E-state index in [0.29, 0.717) is 0 Å². The van der Waals surface area contributed by atoms with Crippen molar-refractivity contribution in [1.29, 1.82) is 0 Å². The van der Waals surface area contributed by atoms with E-state index >= 15 is 0 Å². The van der Waals surface area contributed by atoms with Crippen LogP contribution in [0.5, 0.6) is 0 Å². The summed E-state index contributed by atoms with van der Waals surface area (Å²) in [6.45, 7) is 1.90. The molecule has 112 valence electrons. The first-order valence-electron chi connectivity index (χ1n) is 7.43. The van der Waals surface area contributed by atoms with Crippen LogP contribution in [0.4, 0.5) is 4.39 Å². The molecule has 1 saturated heterocycles. The van der Waals surface area contributed by atoms with Crippen LogP contribution in [0.15, 0.2) is 35.7 Å². The maximum Gasteiger partial charge on any atom is 0.131 e. The monoisotopic (exact) mass is 321 g/mol. The molecule has 4 heteroatoms. The summed E-state index contributed by atoms with van der Waals surface area (Å²) in [7, 11) is 0. The number of benzene rings is 1. The largest absolute Gasteiger partial charge is 0.312 e. The summed E-state index contributed by atoms with van der Waals surface area (Å²) >= 11 is 3.64. The van der Waals surface area contributed by atoms with Crippen LogP contribution in [0.3, 0.4) is 0 Å². The van der Waals surface area contributed by atoms with Crippen molar-refractivity contribution in [1.82, 2.24) is 5.32 Å². The van der Waals surface area contributed by atoms with Gasteiger partial charge in [0.1, 0.15) is 5.82 Å². The van der Waals surface area contributed by atoms with E-state index in [0.717, 1.165) is 35.0 Å². The third-order valence-corrected chi connectivity index (χ3v) is 5.87. The van der Waals surface area contributed by atoms with E-state index in [1.54, 1.807) is 17.4 Å². The Labute approximate surface area is 134 Å². The molecule has 1 aromatic carbocycles. The second-order valence-corrected chi connectivity index (χ2v) is 7.65. The van der Waals surface area contributed by atoms with Crippen molar-refractivity contribution in [2.75, 3.05) is 18.1 Å². The fraction of sp³-hybridized carbons (Fsp3) is 0.412. The highest BCUT2D eigenvalue weighted by molar-refractivity contribution is 7.99. The minimum atomic E-state index is -0.134. The van der Waals surface area contributed by atoms with E-state index in [2.05, 4.69) is 17.1 Å². The number of halogens is 1. The molecule has 3 rings (SSSR count). The molecule has 0 bridgehead atoms. The van der Waals surface area contributed by atoms with Gasteiger partial charge in [-0.1, -0.05) is 12.1 Å². The zero-order valence-corrected chi connectivity index (χ0v) is 13.6. The van der Waals surface area contributed by atoms with Crippen molar-refractivity contribution in [2.24, 2.45) is 5.92 Å². The second-order valence-electron chi connectivity index (χ2n) is 5.48. The van der Waals surface area contributed by atoms with Crippen LogP contribution in [-0.4, -0.2) is 18.1 Å². The minimum Gasteiger partial charge on any atom is -0.312 e. The molecule has 0 spiro atoms. The molecule has 0 unspecified atom stereocenters. The van der Waals surface area contributed by atoms with E-state index in [9.17, 15) is 4.39 Å². The summed E-state index contributed by atoms with van der Waals surface area (Å²) < 4.78 is 13.9. The van der Waals surface area contributed by atoms with Gasteiger partial charge in [0, 0.05) is 17.0 Å². The van der Waals surface area contributed by atoms with Crippen LogP contribution in [0.25, 0.3) is 10.4 Å². The summed E-state index contributed by atoms with van der Waals surface area (Å²) in [5, 5.41) is 5.52. The van der Waals surface area contributed by atoms with Gasteiger partial charge in [0.05, 0.1) is 0 Å². The van der Waals surface area contributed by atoms with Gasteiger partial charge in [0.25, 0.3) is 0 Å². The van der Waals surface area contributed by atoms with Gasteiger partial charge in [-0.15, -0.1) is 11.3 Å². The molecule has 0 amide bonds. The van der Waals surface area contributed by atoms with Gasteiger partial charge in [0.2, 0.25) is 0 Å². The maximum atomic E-state index is 13.9. The first-order valence-corrected chi connectivity index (χ1v) is 9.47. The van der Waals surface area contributed by atoms with Crippen molar-refractivity contribution in [3.8, 4) is 10.4 Å². The number of rotatable bonds is 5. The first kappa shape index (κ1) is 15.1. The van der Waals surface area contributed by atoms with Gasteiger partial charge >= 0.3 is 0 Å². The van der Waals surface area contributed by atoms with Crippen molar-refractivity contribution >= 4 is 23.1 Å². The van der Waals surface area contributed by atoms with Gasteiger partial charge in [-0.05, 0) is 66.0 Å². The van der Waals surface area contributed by atoms with E-state index in [4.69, 9.17) is 0 Å². The van der Waals surface area contributed by atoms with E-state index < -0.39 is 0 Å². The molecule has 21 heavy (non-hydrogen) atoms. The predicted octanol–water partition coefficient (Wildman–Crippen LogP) is 4.79. The Bertz CT molecular complexity index is 562. The molecule has 0 atom stereocenters. The standard InChI is InChI=1S/C17H20FNS2/c18-16-4-3-14(10-15(16)17-2-1-7-21-17)12-19-11-13-5-8-20-9-6-13/h1-4,7,10,13,19H,5-6,8-9,11-12H2. The smallest absolute Gasteiger partial charge is 0.131 e. The minimum absolute atomic E-state index is 0.134. The van der Waals surface area contributed by atoms with Crippen molar-refractivity contribution in [3.05, 3.63) is 47.1 Å². The average molecular weight is 321 g/mol. The zero-order valence-electron chi connectivity index (χ0n) is 12.0. The molecule has 1 aromatic heterocycles. The maximum absolute atomic E-state index is 13.9. The molecule has 0 radical (unpaired) electrons. The lowest BCUT2D eigenvalue weighted by molar-refractivity contribution is 0.447. The molecule has 1 aliphatic rings.